The number of urea groups is 1. The van der Waals surface area contributed by atoms with Crippen LogP contribution in [0.3, 0.4) is 0 Å². The van der Waals surface area contributed by atoms with Crippen LogP contribution >= 0.6 is 23.1 Å². The predicted molar refractivity (Wildman–Crippen MR) is 83.0 cm³/mol. The Bertz CT molecular complexity index is 389. The molecule has 0 spiro atoms. The second-order valence-corrected chi connectivity index (χ2v) is 6.98. The third-order valence-electron chi connectivity index (χ3n) is 3.24. The van der Waals surface area contributed by atoms with E-state index in [0.29, 0.717) is 6.54 Å². The van der Waals surface area contributed by atoms with Crippen LogP contribution in [0.25, 0.3) is 0 Å². The predicted octanol–water partition coefficient (Wildman–Crippen LogP) is 2.11. The number of rotatable bonds is 4. The zero-order valence-corrected chi connectivity index (χ0v) is 13.1. The summed E-state index contributed by atoms with van der Waals surface area (Å²) in [5, 5.41) is 5.14. The number of hydrogen-bond acceptors (Lipinski definition) is 4. The number of carbonyl (C=O) groups excluding carboxylic acids is 1. The van der Waals surface area contributed by atoms with Crippen molar-refractivity contribution in [3.8, 4) is 0 Å². The summed E-state index contributed by atoms with van der Waals surface area (Å²) in [7, 11) is 4.10. The molecule has 0 unspecified atom stereocenters. The Morgan fingerprint density at radius 1 is 1.47 bits per heavy atom. The molecule has 1 aromatic rings. The first kappa shape index (κ1) is 14.7. The summed E-state index contributed by atoms with van der Waals surface area (Å²) in [4.78, 5) is 17.4. The average molecular weight is 299 g/mol. The standard InChI is InChI=1S/C13H21N3OS2/c1-15(2)11(12-4-3-7-19-12)10-14-13(17)16-5-8-18-9-6-16/h3-4,7,11H,5-6,8-10H2,1-2H3,(H,14,17)/t11-/m1/s1. The quantitative estimate of drug-likeness (QED) is 0.925. The minimum absolute atomic E-state index is 0.0729. The molecule has 1 fully saturated rings. The van der Waals surface area contributed by atoms with Gasteiger partial charge in [-0.05, 0) is 25.5 Å². The zero-order chi connectivity index (χ0) is 13.7. The van der Waals surface area contributed by atoms with Crippen LogP contribution in [-0.4, -0.2) is 61.1 Å². The van der Waals surface area contributed by atoms with E-state index in [1.165, 1.54) is 4.88 Å². The maximum Gasteiger partial charge on any atom is 0.317 e. The smallest absolute Gasteiger partial charge is 0.317 e. The van der Waals surface area contributed by atoms with Crippen molar-refractivity contribution in [2.45, 2.75) is 6.04 Å². The van der Waals surface area contributed by atoms with Crippen LogP contribution in [0.2, 0.25) is 0 Å². The van der Waals surface area contributed by atoms with Gasteiger partial charge in [0.05, 0.1) is 6.04 Å². The molecule has 0 radical (unpaired) electrons. The highest BCUT2D eigenvalue weighted by molar-refractivity contribution is 7.99. The van der Waals surface area contributed by atoms with Gasteiger partial charge in [-0.2, -0.15) is 11.8 Å². The molecule has 0 aromatic carbocycles. The Morgan fingerprint density at radius 3 is 2.79 bits per heavy atom. The van der Waals surface area contributed by atoms with E-state index in [-0.39, 0.29) is 12.1 Å². The largest absolute Gasteiger partial charge is 0.336 e. The minimum atomic E-state index is 0.0729. The number of likely N-dealkylation sites (N-methyl/N-ethyl adjacent to an activating group) is 1. The molecule has 1 saturated heterocycles. The first-order valence-corrected chi connectivity index (χ1v) is 8.52. The summed E-state index contributed by atoms with van der Waals surface area (Å²) < 4.78 is 0. The van der Waals surface area contributed by atoms with Gasteiger partial charge in [-0.1, -0.05) is 6.07 Å². The van der Waals surface area contributed by atoms with E-state index in [0.717, 1.165) is 24.6 Å². The molecule has 1 atom stereocenters. The van der Waals surface area contributed by atoms with Crippen LogP contribution in [0.15, 0.2) is 17.5 Å². The highest BCUT2D eigenvalue weighted by Gasteiger charge is 2.20. The van der Waals surface area contributed by atoms with Crippen LogP contribution < -0.4 is 5.32 Å². The molecule has 0 aliphatic carbocycles. The second-order valence-electron chi connectivity index (χ2n) is 4.78. The number of carbonyl (C=O) groups is 1. The molecule has 0 saturated carbocycles. The van der Waals surface area contributed by atoms with Crippen molar-refractivity contribution in [2.75, 3.05) is 45.2 Å². The molecule has 1 aliphatic heterocycles. The lowest BCUT2D eigenvalue weighted by molar-refractivity contribution is 0.197. The van der Waals surface area contributed by atoms with E-state index in [2.05, 4.69) is 27.7 Å². The molecule has 0 bridgehead atoms. The molecule has 1 aromatic heterocycles. The van der Waals surface area contributed by atoms with Gasteiger partial charge in [-0.25, -0.2) is 4.79 Å². The molecule has 2 rings (SSSR count). The minimum Gasteiger partial charge on any atom is -0.336 e. The number of hydrogen-bond donors (Lipinski definition) is 1. The third-order valence-corrected chi connectivity index (χ3v) is 5.16. The third kappa shape index (κ3) is 4.12. The van der Waals surface area contributed by atoms with Crippen molar-refractivity contribution in [3.63, 3.8) is 0 Å². The van der Waals surface area contributed by atoms with Gasteiger partial charge < -0.3 is 15.1 Å². The van der Waals surface area contributed by atoms with Gasteiger partial charge in [0.2, 0.25) is 0 Å². The maximum absolute atomic E-state index is 12.1. The number of amides is 2. The highest BCUT2D eigenvalue weighted by atomic mass is 32.2. The Kier molecular flexibility index (Phi) is 5.54. The first-order valence-electron chi connectivity index (χ1n) is 6.49. The van der Waals surface area contributed by atoms with Gasteiger partial charge in [0, 0.05) is 36.0 Å². The molecule has 1 aliphatic rings. The molecule has 4 nitrogen and oxygen atoms in total. The molecule has 106 valence electrons. The summed E-state index contributed by atoms with van der Waals surface area (Å²) in [6, 6.07) is 4.51. The Hall–Kier alpha value is -0.720. The van der Waals surface area contributed by atoms with Crippen LogP contribution in [-0.2, 0) is 0 Å². The van der Waals surface area contributed by atoms with E-state index < -0.39 is 0 Å². The van der Waals surface area contributed by atoms with Crippen molar-refractivity contribution < 1.29 is 4.79 Å². The first-order chi connectivity index (χ1) is 9.18. The number of nitrogens with zero attached hydrogens (tertiary/aromatic N) is 2. The fraction of sp³-hybridized carbons (Fsp3) is 0.615. The van der Waals surface area contributed by atoms with Crippen molar-refractivity contribution in [1.29, 1.82) is 0 Å². The number of nitrogens with one attached hydrogen (secondary N) is 1. The molecule has 19 heavy (non-hydrogen) atoms. The van der Waals surface area contributed by atoms with E-state index in [9.17, 15) is 4.79 Å². The maximum atomic E-state index is 12.1. The molecule has 6 heteroatoms. The lowest BCUT2D eigenvalue weighted by Gasteiger charge is -2.29. The van der Waals surface area contributed by atoms with Crippen LogP contribution in [0.5, 0.6) is 0 Å². The zero-order valence-electron chi connectivity index (χ0n) is 11.5. The monoisotopic (exact) mass is 299 g/mol. The average Bonchev–Trinajstić information content (AvgIpc) is 2.93. The van der Waals surface area contributed by atoms with Gasteiger partial charge in [0.15, 0.2) is 0 Å². The van der Waals surface area contributed by atoms with Gasteiger partial charge in [0.1, 0.15) is 0 Å². The summed E-state index contributed by atoms with van der Waals surface area (Å²) in [5.41, 5.74) is 0. The lowest BCUT2D eigenvalue weighted by atomic mass is 10.2. The number of thiophene rings is 1. The van der Waals surface area contributed by atoms with Gasteiger partial charge in [-0.3, -0.25) is 0 Å². The molecule has 2 heterocycles. The summed E-state index contributed by atoms with van der Waals surface area (Å²) in [6.07, 6.45) is 0. The van der Waals surface area contributed by atoms with E-state index in [1.54, 1.807) is 11.3 Å². The topological polar surface area (TPSA) is 35.6 Å². The van der Waals surface area contributed by atoms with Crippen molar-refractivity contribution in [2.24, 2.45) is 0 Å². The SMILES string of the molecule is CN(C)[C@H](CNC(=O)N1CCSCC1)c1cccs1. The molecular weight excluding hydrogens is 278 g/mol. The Morgan fingerprint density at radius 2 is 2.21 bits per heavy atom. The van der Waals surface area contributed by atoms with Crippen LogP contribution in [0.4, 0.5) is 4.79 Å². The van der Waals surface area contributed by atoms with E-state index in [1.807, 2.05) is 30.8 Å². The summed E-state index contributed by atoms with van der Waals surface area (Å²) >= 11 is 3.65. The van der Waals surface area contributed by atoms with E-state index >= 15 is 0 Å². The van der Waals surface area contributed by atoms with Gasteiger partial charge in [0.25, 0.3) is 0 Å². The molecular formula is C13H21N3OS2. The molecule has 2 amide bonds. The highest BCUT2D eigenvalue weighted by Crippen LogP contribution is 2.22. The van der Waals surface area contributed by atoms with Crippen molar-refractivity contribution in [1.82, 2.24) is 15.1 Å². The normalized spacial score (nSPS) is 17.5. The van der Waals surface area contributed by atoms with E-state index in [4.69, 9.17) is 0 Å². The van der Waals surface area contributed by atoms with Gasteiger partial charge in [-0.15, -0.1) is 11.3 Å². The Labute approximate surface area is 123 Å². The number of thioether (sulfide) groups is 1. The van der Waals surface area contributed by atoms with Crippen molar-refractivity contribution in [3.05, 3.63) is 22.4 Å². The fourth-order valence-corrected chi connectivity index (χ4v) is 3.91. The second kappa shape index (κ2) is 7.17. The summed E-state index contributed by atoms with van der Waals surface area (Å²) in [5.74, 6) is 2.10. The van der Waals surface area contributed by atoms with Gasteiger partial charge >= 0.3 is 6.03 Å². The van der Waals surface area contributed by atoms with Crippen LogP contribution in [0, 0.1) is 0 Å². The van der Waals surface area contributed by atoms with Crippen molar-refractivity contribution >= 4 is 29.1 Å². The summed E-state index contributed by atoms with van der Waals surface area (Å²) in [6.45, 7) is 2.39. The lowest BCUT2D eigenvalue weighted by Crippen LogP contribution is -2.46. The molecule has 1 N–H and O–H groups in total. The fourth-order valence-electron chi connectivity index (χ4n) is 2.08. The Balaban J connectivity index is 1.86. The van der Waals surface area contributed by atoms with Crippen LogP contribution in [0.1, 0.15) is 10.9 Å².